The monoisotopic (exact) mass is 393 g/mol. The second kappa shape index (κ2) is 6.67. The number of anilines is 1. The van der Waals surface area contributed by atoms with Crippen LogP contribution in [0.5, 0.6) is 0 Å². The van der Waals surface area contributed by atoms with Crippen molar-refractivity contribution in [3.05, 3.63) is 64.3 Å². The van der Waals surface area contributed by atoms with Crippen molar-refractivity contribution >= 4 is 40.0 Å². The molecule has 3 aromatic rings. The van der Waals surface area contributed by atoms with Gasteiger partial charge in [-0.2, -0.15) is 0 Å². The van der Waals surface area contributed by atoms with Crippen LogP contribution in [0.1, 0.15) is 34.5 Å². The van der Waals surface area contributed by atoms with Crippen molar-refractivity contribution in [2.24, 2.45) is 0 Å². The number of aromatic amines is 1. The molecule has 3 heterocycles. The minimum atomic E-state index is -0.00414. The number of fused-ring (bicyclic) bond motifs is 3. The molecule has 6 heteroatoms. The molecule has 0 aliphatic carbocycles. The minimum absolute atomic E-state index is 0.00414. The Morgan fingerprint density at radius 2 is 1.96 bits per heavy atom. The summed E-state index contributed by atoms with van der Waals surface area (Å²) in [4.78, 5) is 32.3. The number of nitrogens with zero attached hydrogens (tertiary/aromatic N) is 2. The fraction of sp³-hybridized carbons (Fsp3) is 0.273. The average Bonchev–Trinajstić information content (AvgIpc) is 3.30. The SMILES string of the molecule is O=C(c1cccc(N2CCCC2=O)c1)N1CCc2[nH]c3ccc(Cl)cc3c2C1. The van der Waals surface area contributed by atoms with E-state index in [0.717, 1.165) is 41.5 Å². The zero-order valence-corrected chi connectivity index (χ0v) is 16.1. The Labute approximate surface area is 167 Å². The molecule has 5 rings (SSSR count). The predicted octanol–water partition coefficient (Wildman–Crippen LogP) is 4.15. The number of carbonyl (C=O) groups excluding carboxylic acids is 2. The lowest BCUT2D eigenvalue weighted by atomic mass is 10.0. The molecule has 1 fully saturated rings. The van der Waals surface area contributed by atoms with E-state index in [1.807, 2.05) is 47.4 Å². The summed E-state index contributed by atoms with van der Waals surface area (Å²) in [5.41, 5.74) is 4.81. The molecule has 1 N–H and O–H groups in total. The van der Waals surface area contributed by atoms with Gasteiger partial charge in [-0.05, 0) is 42.8 Å². The summed E-state index contributed by atoms with van der Waals surface area (Å²) in [5.74, 6) is 0.124. The largest absolute Gasteiger partial charge is 0.358 e. The summed E-state index contributed by atoms with van der Waals surface area (Å²) >= 11 is 6.18. The van der Waals surface area contributed by atoms with Gasteiger partial charge in [-0.25, -0.2) is 0 Å². The molecule has 0 unspecified atom stereocenters. The Bertz CT molecular complexity index is 1100. The van der Waals surface area contributed by atoms with Crippen molar-refractivity contribution in [3.63, 3.8) is 0 Å². The smallest absolute Gasteiger partial charge is 0.254 e. The lowest BCUT2D eigenvalue weighted by Gasteiger charge is -2.28. The van der Waals surface area contributed by atoms with Gasteiger partial charge >= 0.3 is 0 Å². The molecule has 2 aliphatic rings. The summed E-state index contributed by atoms with van der Waals surface area (Å²) in [6.45, 7) is 1.94. The fourth-order valence-electron chi connectivity index (χ4n) is 4.27. The molecular formula is C22H20ClN3O2. The van der Waals surface area contributed by atoms with Crippen LogP contribution in [0.15, 0.2) is 42.5 Å². The third-order valence-electron chi connectivity index (χ3n) is 5.70. The zero-order valence-electron chi connectivity index (χ0n) is 15.4. The van der Waals surface area contributed by atoms with Crippen molar-refractivity contribution in [1.82, 2.24) is 9.88 Å². The molecule has 0 saturated carbocycles. The standard InChI is InChI=1S/C22H20ClN3O2/c23-15-6-7-19-17(12-15)18-13-25(10-8-20(18)24-19)22(28)14-3-1-4-16(11-14)26-9-2-5-21(26)27/h1,3-4,6-7,11-12,24H,2,5,8-10,13H2. The van der Waals surface area contributed by atoms with Gasteiger partial charge in [0.1, 0.15) is 0 Å². The lowest BCUT2D eigenvalue weighted by Crippen LogP contribution is -2.36. The predicted molar refractivity (Wildman–Crippen MR) is 110 cm³/mol. The molecule has 1 aromatic heterocycles. The van der Waals surface area contributed by atoms with E-state index >= 15 is 0 Å². The number of hydrogen-bond donors (Lipinski definition) is 1. The summed E-state index contributed by atoms with van der Waals surface area (Å²) in [5, 5.41) is 1.78. The Balaban J connectivity index is 1.43. The van der Waals surface area contributed by atoms with Gasteiger partial charge in [-0.3, -0.25) is 9.59 Å². The molecule has 2 amide bonds. The third kappa shape index (κ3) is 2.87. The number of amides is 2. The van der Waals surface area contributed by atoms with Gasteiger partial charge in [0.25, 0.3) is 5.91 Å². The van der Waals surface area contributed by atoms with Crippen LogP contribution in [0.2, 0.25) is 5.02 Å². The quantitative estimate of drug-likeness (QED) is 0.711. The molecule has 28 heavy (non-hydrogen) atoms. The first-order valence-electron chi connectivity index (χ1n) is 9.59. The molecule has 5 nitrogen and oxygen atoms in total. The summed E-state index contributed by atoms with van der Waals surface area (Å²) in [6.07, 6.45) is 2.24. The Hall–Kier alpha value is -2.79. The summed E-state index contributed by atoms with van der Waals surface area (Å²) in [6, 6.07) is 13.2. The fourth-order valence-corrected chi connectivity index (χ4v) is 4.44. The number of aromatic nitrogens is 1. The molecule has 0 bridgehead atoms. The maximum Gasteiger partial charge on any atom is 0.254 e. The van der Waals surface area contributed by atoms with Crippen molar-refractivity contribution in [1.29, 1.82) is 0 Å². The molecule has 2 aromatic carbocycles. The van der Waals surface area contributed by atoms with E-state index < -0.39 is 0 Å². The average molecular weight is 394 g/mol. The van der Waals surface area contributed by atoms with Gasteiger partial charge in [-0.1, -0.05) is 17.7 Å². The van der Waals surface area contributed by atoms with Crippen LogP contribution in [-0.2, 0) is 17.8 Å². The maximum atomic E-state index is 13.2. The highest BCUT2D eigenvalue weighted by atomic mass is 35.5. The van der Waals surface area contributed by atoms with Gasteiger partial charge in [0.15, 0.2) is 0 Å². The van der Waals surface area contributed by atoms with Crippen LogP contribution in [0.3, 0.4) is 0 Å². The van der Waals surface area contributed by atoms with Gasteiger partial charge in [-0.15, -0.1) is 0 Å². The van der Waals surface area contributed by atoms with Crippen molar-refractivity contribution < 1.29 is 9.59 Å². The number of hydrogen-bond acceptors (Lipinski definition) is 2. The highest BCUT2D eigenvalue weighted by molar-refractivity contribution is 6.31. The molecular weight excluding hydrogens is 374 g/mol. The number of rotatable bonds is 2. The molecule has 0 spiro atoms. The van der Waals surface area contributed by atoms with Crippen LogP contribution in [0.4, 0.5) is 5.69 Å². The van der Waals surface area contributed by atoms with Crippen molar-refractivity contribution in [3.8, 4) is 0 Å². The van der Waals surface area contributed by atoms with Gasteiger partial charge in [0, 0.05) is 70.9 Å². The Morgan fingerprint density at radius 1 is 1.07 bits per heavy atom. The van der Waals surface area contributed by atoms with Crippen LogP contribution in [0.25, 0.3) is 10.9 Å². The van der Waals surface area contributed by atoms with Crippen LogP contribution < -0.4 is 4.90 Å². The number of benzene rings is 2. The molecule has 142 valence electrons. The highest BCUT2D eigenvalue weighted by Gasteiger charge is 2.26. The molecule has 1 saturated heterocycles. The number of halogens is 1. The molecule has 2 aliphatic heterocycles. The van der Waals surface area contributed by atoms with Gasteiger partial charge in [0.2, 0.25) is 5.91 Å². The minimum Gasteiger partial charge on any atom is -0.358 e. The van der Waals surface area contributed by atoms with E-state index in [9.17, 15) is 9.59 Å². The Kier molecular flexibility index (Phi) is 4.13. The maximum absolute atomic E-state index is 13.2. The third-order valence-corrected chi connectivity index (χ3v) is 5.94. The number of nitrogens with one attached hydrogen (secondary N) is 1. The topological polar surface area (TPSA) is 56.4 Å². The van der Waals surface area contributed by atoms with E-state index in [1.54, 1.807) is 4.90 Å². The van der Waals surface area contributed by atoms with Crippen LogP contribution in [-0.4, -0.2) is 34.8 Å². The number of carbonyl (C=O) groups is 2. The lowest BCUT2D eigenvalue weighted by molar-refractivity contribution is -0.117. The van der Waals surface area contributed by atoms with E-state index in [1.165, 1.54) is 5.69 Å². The van der Waals surface area contributed by atoms with Crippen LogP contribution >= 0.6 is 11.6 Å². The number of H-pyrrole nitrogens is 1. The summed E-state index contributed by atoms with van der Waals surface area (Å²) in [7, 11) is 0. The van der Waals surface area contributed by atoms with E-state index in [2.05, 4.69) is 4.98 Å². The normalized spacial score (nSPS) is 16.7. The van der Waals surface area contributed by atoms with E-state index in [4.69, 9.17) is 11.6 Å². The van der Waals surface area contributed by atoms with Gasteiger partial charge in [0.05, 0.1) is 0 Å². The first-order chi connectivity index (χ1) is 13.6. The van der Waals surface area contributed by atoms with Crippen molar-refractivity contribution in [2.45, 2.75) is 25.8 Å². The van der Waals surface area contributed by atoms with Gasteiger partial charge < -0.3 is 14.8 Å². The second-order valence-corrected chi connectivity index (χ2v) is 7.88. The second-order valence-electron chi connectivity index (χ2n) is 7.45. The first-order valence-corrected chi connectivity index (χ1v) is 9.96. The van der Waals surface area contributed by atoms with Crippen LogP contribution in [0, 0.1) is 0 Å². The molecule has 0 radical (unpaired) electrons. The van der Waals surface area contributed by atoms with Crippen molar-refractivity contribution in [2.75, 3.05) is 18.0 Å². The first kappa shape index (κ1) is 17.3. The van der Waals surface area contributed by atoms with E-state index in [0.29, 0.717) is 30.1 Å². The summed E-state index contributed by atoms with van der Waals surface area (Å²) < 4.78 is 0. The molecule has 0 atom stereocenters. The zero-order chi connectivity index (χ0) is 19.3. The Morgan fingerprint density at radius 3 is 2.79 bits per heavy atom. The van der Waals surface area contributed by atoms with E-state index in [-0.39, 0.29) is 11.8 Å². The highest BCUT2D eigenvalue weighted by Crippen LogP contribution is 2.31.